The largest absolute Gasteiger partial charge is 0.444 e. The van der Waals surface area contributed by atoms with E-state index in [4.69, 9.17) is 9.47 Å². The van der Waals surface area contributed by atoms with Crippen LogP contribution in [0, 0.1) is 0 Å². The van der Waals surface area contributed by atoms with E-state index in [1.54, 1.807) is 11.8 Å². The van der Waals surface area contributed by atoms with Crippen molar-refractivity contribution < 1.29 is 19.1 Å². The average Bonchev–Trinajstić information content (AvgIpc) is 2.44. The minimum absolute atomic E-state index is 0.0215. The molecule has 1 aliphatic heterocycles. The Morgan fingerprint density at radius 1 is 1.27 bits per heavy atom. The van der Waals surface area contributed by atoms with Gasteiger partial charge in [0, 0.05) is 26.2 Å². The number of nitrogens with zero attached hydrogens (tertiary/aromatic N) is 2. The molecule has 0 bridgehead atoms. The number of rotatable bonds is 1. The molecule has 1 rings (SSSR count). The highest BCUT2D eigenvalue weighted by molar-refractivity contribution is 5.80. The summed E-state index contributed by atoms with van der Waals surface area (Å²) >= 11 is 0. The summed E-state index contributed by atoms with van der Waals surface area (Å²) in [6.07, 6.45) is 0.920. The molecule has 1 aliphatic rings. The molecular formula is C16H30N2O4. The summed E-state index contributed by atoms with van der Waals surface area (Å²) in [4.78, 5) is 27.9. The van der Waals surface area contributed by atoms with Gasteiger partial charge in [0.15, 0.2) is 0 Å². The molecule has 0 saturated carbocycles. The van der Waals surface area contributed by atoms with E-state index in [-0.39, 0.29) is 12.0 Å². The van der Waals surface area contributed by atoms with Gasteiger partial charge in [-0.05, 0) is 47.5 Å². The molecule has 0 radical (unpaired) electrons. The zero-order valence-electron chi connectivity index (χ0n) is 14.6. The minimum Gasteiger partial charge on any atom is -0.444 e. The molecule has 1 heterocycles. The van der Waals surface area contributed by atoms with Crippen molar-refractivity contribution in [1.29, 1.82) is 0 Å². The predicted octanol–water partition coefficient (Wildman–Crippen LogP) is 2.27. The van der Waals surface area contributed by atoms with Gasteiger partial charge in [-0.2, -0.15) is 0 Å². The van der Waals surface area contributed by atoms with Crippen LogP contribution in [0.25, 0.3) is 0 Å². The Hall–Kier alpha value is -1.30. The summed E-state index contributed by atoms with van der Waals surface area (Å²) in [5, 5.41) is 0. The summed E-state index contributed by atoms with van der Waals surface area (Å²) in [6.45, 7) is 12.1. The number of hydrogen-bond donors (Lipinski definition) is 0. The van der Waals surface area contributed by atoms with Crippen molar-refractivity contribution in [3.05, 3.63) is 0 Å². The van der Waals surface area contributed by atoms with Gasteiger partial charge in [-0.15, -0.1) is 0 Å². The van der Waals surface area contributed by atoms with Crippen LogP contribution in [-0.2, 0) is 14.3 Å². The normalized spacial score (nSPS) is 22.2. The quantitative estimate of drug-likeness (QED) is 0.745. The van der Waals surface area contributed by atoms with Crippen LogP contribution in [-0.4, -0.2) is 66.3 Å². The van der Waals surface area contributed by atoms with E-state index in [0.29, 0.717) is 32.8 Å². The second-order valence-corrected chi connectivity index (χ2v) is 6.61. The highest BCUT2D eigenvalue weighted by Crippen LogP contribution is 2.12. The van der Waals surface area contributed by atoms with Gasteiger partial charge in [0.1, 0.15) is 11.7 Å². The molecule has 0 aliphatic carbocycles. The van der Waals surface area contributed by atoms with Crippen molar-refractivity contribution in [2.45, 2.75) is 59.2 Å². The number of carbonyl (C=O) groups excluding carboxylic acids is 2. The number of hydrogen-bond acceptors (Lipinski definition) is 4. The third kappa shape index (κ3) is 6.22. The van der Waals surface area contributed by atoms with Crippen molar-refractivity contribution in [2.24, 2.45) is 0 Å². The lowest BCUT2D eigenvalue weighted by Gasteiger charge is -2.27. The highest BCUT2D eigenvalue weighted by atomic mass is 16.6. The third-order valence-corrected chi connectivity index (χ3v) is 3.53. The summed E-state index contributed by atoms with van der Waals surface area (Å²) in [7, 11) is 0. The molecule has 1 fully saturated rings. The molecule has 1 saturated heterocycles. The Kier molecular flexibility index (Phi) is 7.13. The van der Waals surface area contributed by atoms with Crippen molar-refractivity contribution >= 4 is 12.0 Å². The van der Waals surface area contributed by atoms with Crippen LogP contribution in [0.15, 0.2) is 0 Å². The van der Waals surface area contributed by atoms with Crippen molar-refractivity contribution in [3.63, 3.8) is 0 Å². The van der Waals surface area contributed by atoms with E-state index >= 15 is 0 Å². The maximum atomic E-state index is 12.2. The Labute approximate surface area is 133 Å². The van der Waals surface area contributed by atoms with E-state index in [9.17, 15) is 9.59 Å². The summed E-state index contributed by atoms with van der Waals surface area (Å²) in [5.41, 5.74) is -0.508. The predicted molar refractivity (Wildman–Crippen MR) is 84.7 cm³/mol. The second-order valence-electron chi connectivity index (χ2n) is 6.61. The van der Waals surface area contributed by atoms with Crippen molar-refractivity contribution in [3.8, 4) is 0 Å². The first-order chi connectivity index (χ1) is 10.2. The van der Waals surface area contributed by atoms with Crippen LogP contribution in [0.5, 0.6) is 0 Å². The van der Waals surface area contributed by atoms with Crippen LogP contribution < -0.4 is 0 Å². The molecule has 0 aromatic rings. The van der Waals surface area contributed by atoms with E-state index in [1.165, 1.54) is 0 Å². The molecule has 0 aromatic carbocycles. The summed E-state index contributed by atoms with van der Waals surface area (Å²) in [5.74, 6) is 0.0215. The summed E-state index contributed by atoms with van der Waals surface area (Å²) < 4.78 is 11.0. The first kappa shape index (κ1) is 18.7. The van der Waals surface area contributed by atoms with Gasteiger partial charge < -0.3 is 19.3 Å². The second kappa shape index (κ2) is 8.36. The molecule has 0 spiro atoms. The SMILES string of the molecule is CCN1CCCCN(C(=O)OC(C)(C)C)CCO[C@@H](C)C1=O. The highest BCUT2D eigenvalue weighted by Gasteiger charge is 2.24. The van der Waals surface area contributed by atoms with Crippen LogP contribution in [0.4, 0.5) is 4.79 Å². The van der Waals surface area contributed by atoms with Gasteiger partial charge in [-0.3, -0.25) is 4.79 Å². The maximum absolute atomic E-state index is 12.2. The molecule has 2 amide bonds. The molecule has 0 aromatic heterocycles. The van der Waals surface area contributed by atoms with Crippen LogP contribution in [0.2, 0.25) is 0 Å². The maximum Gasteiger partial charge on any atom is 0.410 e. The molecule has 22 heavy (non-hydrogen) atoms. The van der Waals surface area contributed by atoms with Crippen molar-refractivity contribution in [2.75, 3.05) is 32.8 Å². The summed E-state index contributed by atoms with van der Waals surface area (Å²) in [6, 6.07) is 0. The smallest absolute Gasteiger partial charge is 0.410 e. The van der Waals surface area contributed by atoms with E-state index in [0.717, 1.165) is 12.8 Å². The zero-order valence-corrected chi connectivity index (χ0v) is 14.6. The molecular weight excluding hydrogens is 284 g/mol. The fraction of sp³-hybridized carbons (Fsp3) is 0.875. The number of amides is 2. The Morgan fingerprint density at radius 2 is 1.91 bits per heavy atom. The fourth-order valence-corrected chi connectivity index (χ4v) is 2.32. The lowest BCUT2D eigenvalue weighted by atomic mass is 10.2. The molecule has 6 heteroatoms. The van der Waals surface area contributed by atoms with Gasteiger partial charge in [0.05, 0.1) is 6.61 Å². The van der Waals surface area contributed by atoms with E-state index in [1.807, 2.05) is 32.6 Å². The third-order valence-electron chi connectivity index (χ3n) is 3.53. The van der Waals surface area contributed by atoms with E-state index < -0.39 is 11.7 Å². The molecule has 128 valence electrons. The molecule has 0 N–H and O–H groups in total. The Morgan fingerprint density at radius 3 is 2.50 bits per heavy atom. The fourth-order valence-electron chi connectivity index (χ4n) is 2.32. The van der Waals surface area contributed by atoms with Crippen LogP contribution in [0.3, 0.4) is 0 Å². The van der Waals surface area contributed by atoms with E-state index in [2.05, 4.69) is 0 Å². The molecule has 1 atom stereocenters. The molecule has 0 unspecified atom stereocenters. The number of ether oxygens (including phenoxy) is 2. The number of likely N-dealkylation sites (N-methyl/N-ethyl adjacent to an activating group) is 1. The molecule has 6 nitrogen and oxygen atoms in total. The van der Waals surface area contributed by atoms with Gasteiger partial charge >= 0.3 is 6.09 Å². The van der Waals surface area contributed by atoms with Crippen LogP contribution >= 0.6 is 0 Å². The lowest BCUT2D eigenvalue weighted by molar-refractivity contribution is -0.142. The van der Waals surface area contributed by atoms with Gasteiger partial charge in [0.2, 0.25) is 0 Å². The number of carbonyl (C=O) groups is 2. The Balaban J connectivity index is 2.67. The van der Waals surface area contributed by atoms with Gasteiger partial charge in [-0.25, -0.2) is 4.79 Å². The Bertz CT molecular complexity index is 379. The van der Waals surface area contributed by atoms with Gasteiger partial charge in [0.25, 0.3) is 5.91 Å². The standard InChI is InChI=1S/C16H30N2O4/c1-6-17-9-7-8-10-18(15(20)22-16(3,4)5)11-12-21-13(2)14(17)19/h13H,6-12H2,1-5H3/t13-/m0/s1. The lowest BCUT2D eigenvalue weighted by Crippen LogP contribution is -2.41. The van der Waals surface area contributed by atoms with Crippen LogP contribution in [0.1, 0.15) is 47.5 Å². The first-order valence-electron chi connectivity index (χ1n) is 8.13. The first-order valence-corrected chi connectivity index (χ1v) is 8.13. The average molecular weight is 314 g/mol. The minimum atomic E-state index is -0.508. The topological polar surface area (TPSA) is 59.1 Å². The monoisotopic (exact) mass is 314 g/mol. The van der Waals surface area contributed by atoms with Gasteiger partial charge in [-0.1, -0.05) is 0 Å². The van der Waals surface area contributed by atoms with Crippen molar-refractivity contribution in [1.82, 2.24) is 9.80 Å². The zero-order chi connectivity index (χ0) is 16.8.